The fourth-order valence-corrected chi connectivity index (χ4v) is 4.44. The van der Waals surface area contributed by atoms with Gasteiger partial charge >= 0.3 is 5.69 Å². The number of aromatic nitrogens is 3. The van der Waals surface area contributed by atoms with Crippen LogP contribution in [-0.2, 0) is 6.54 Å². The molecule has 0 bridgehead atoms. The number of unbranched alkanes of at least 4 members (excludes halogenated alkanes) is 1. The first-order chi connectivity index (χ1) is 14.8. The van der Waals surface area contributed by atoms with E-state index in [1.54, 1.807) is 26.0 Å². The van der Waals surface area contributed by atoms with Crippen LogP contribution < -0.4 is 21.9 Å². The lowest BCUT2D eigenvalue weighted by Crippen LogP contribution is -2.41. The summed E-state index contributed by atoms with van der Waals surface area (Å²) in [6.07, 6.45) is 1.57. The number of benzene rings is 1. The fraction of sp³-hybridized carbons (Fsp3) is 0.333. The second-order valence-corrected chi connectivity index (χ2v) is 8.43. The Morgan fingerprint density at radius 2 is 2.06 bits per heavy atom. The number of carbonyl (C=O) groups excluding carboxylic acids is 1. The molecule has 0 unspecified atom stereocenters. The number of halogens is 1. The van der Waals surface area contributed by atoms with Crippen molar-refractivity contribution in [3.63, 3.8) is 0 Å². The Morgan fingerprint density at radius 1 is 1.32 bits per heavy atom. The number of nitrogens with one attached hydrogen (secondary N) is 1. The van der Waals surface area contributed by atoms with Crippen molar-refractivity contribution in [3.05, 3.63) is 60.7 Å². The van der Waals surface area contributed by atoms with Crippen LogP contribution >= 0.6 is 22.9 Å². The second-order valence-electron chi connectivity index (χ2n) is 6.99. The average Bonchev–Trinajstić information content (AvgIpc) is 3.12. The summed E-state index contributed by atoms with van der Waals surface area (Å²) in [5.41, 5.74) is 6.23. The molecule has 2 aromatic heterocycles. The van der Waals surface area contributed by atoms with Crippen LogP contribution in [0.15, 0.2) is 33.9 Å². The van der Waals surface area contributed by atoms with Crippen LogP contribution in [-0.4, -0.2) is 27.0 Å². The van der Waals surface area contributed by atoms with Gasteiger partial charge in [-0.15, -0.1) is 11.3 Å². The molecule has 0 aliphatic carbocycles. The van der Waals surface area contributed by atoms with Gasteiger partial charge in [0.1, 0.15) is 15.7 Å². The third kappa shape index (κ3) is 4.57. The van der Waals surface area contributed by atoms with Crippen molar-refractivity contribution < 1.29 is 4.79 Å². The number of hydrogen-bond donors (Lipinski definition) is 2. The van der Waals surface area contributed by atoms with Gasteiger partial charge in [0.2, 0.25) is 0 Å². The van der Waals surface area contributed by atoms with Crippen LogP contribution in [0.25, 0.3) is 10.6 Å². The standard InChI is InChI=1S/C21H24ClN5O3S/c1-4-6-10-27-17(23)15(18(28)25-21(27)30)26(5-2)20(29)16-12(3)24-19(31-16)13-8-7-9-14(22)11-13/h7-9,11H,4-6,10,23H2,1-3H3,(H,25,28,30). The number of aryl methyl sites for hydroxylation is 1. The summed E-state index contributed by atoms with van der Waals surface area (Å²) in [5.74, 6) is -0.418. The summed E-state index contributed by atoms with van der Waals surface area (Å²) in [6, 6.07) is 7.22. The highest BCUT2D eigenvalue weighted by molar-refractivity contribution is 7.17. The maximum absolute atomic E-state index is 13.4. The van der Waals surface area contributed by atoms with E-state index in [0.717, 1.165) is 12.0 Å². The van der Waals surface area contributed by atoms with E-state index in [9.17, 15) is 14.4 Å². The number of H-pyrrole nitrogens is 1. The number of rotatable bonds is 7. The van der Waals surface area contributed by atoms with E-state index in [2.05, 4.69) is 9.97 Å². The second kappa shape index (κ2) is 9.49. The lowest BCUT2D eigenvalue weighted by atomic mass is 10.2. The van der Waals surface area contributed by atoms with Crippen LogP contribution in [0.1, 0.15) is 42.1 Å². The molecule has 3 aromatic rings. The molecule has 3 N–H and O–H groups in total. The van der Waals surface area contributed by atoms with E-state index < -0.39 is 17.2 Å². The summed E-state index contributed by atoms with van der Waals surface area (Å²) in [6.45, 7) is 6.02. The van der Waals surface area contributed by atoms with Crippen LogP contribution in [0, 0.1) is 6.92 Å². The molecule has 10 heteroatoms. The van der Waals surface area contributed by atoms with Gasteiger partial charge in [-0.2, -0.15) is 0 Å². The maximum atomic E-state index is 13.4. The van der Waals surface area contributed by atoms with Gasteiger partial charge in [-0.3, -0.25) is 24.0 Å². The minimum atomic E-state index is -0.692. The van der Waals surface area contributed by atoms with Crippen LogP contribution in [0.2, 0.25) is 5.02 Å². The van der Waals surface area contributed by atoms with Crippen LogP contribution in [0.4, 0.5) is 11.5 Å². The van der Waals surface area contributed by atoms with Gasteiger partial charge in [0.05, 0.1) is 5.69 Å². The van der Waals surface area contributed by atoms with Gasteiger partial charge in [0.15, 0.2) is 5.69 Å². The Kier molecular flexibility index (Phi) is 6.97. The molecular weight excluding hydrogens is 438 g/mol. The van der Waals surface area contributed by atoms with Crippen molar-refractivity contribution in [1.82, 2.24) is 14.5 Å². The predicted octanol–water partition coefficient (Wildman–Crippen LogP) is 3.67. The first kappa shape index (κ1) is 22.8. The van der Waals surface area contributed by atoms with Crippen LogP contribution in [0.3, 0.4) is 0 Å². The zero-order chi connectivity index (χ0) is 22.7. The molecule has 2 heterocycles. The first-order valence-corrected chi connectivity index (χ1v) is 11.2. The van der Waals surface area contributed by atoms with Crippen molar-refractivity contribution >= 4 is 40.4 Å². The lowest BCUT2D eigenvalue weighted by Gasteiger charge is -2.22. The van der Waals surface area contributed by atoms with Gasteiger partial charge in [0.25, 0.3) is 11.5 Å². The minimum Gasteiger partial charge on any atom is -0.383 e. The maximum Gasteiger partial charge on any atom is 0.330 e. The molecule has 31 heavy (non-hydrogen) atoms. The molecule has 1 aromatic carbocycles. The number of aromatic amines is 1. The van der Waals surface area contributed by atoms with Gasteiger partial charge in [-0.25, -0.2) is 9.78 Å². The Balaban J connectivity index is 2.05. The van der Waals surface area contributed by atoms with E-state index >= 15 is 0 Å². The van der Waals surface area contributed by atoms with Crippen molar-refractivity contribution in [1.29, 1.82) is 0 Å². The molecule has 0 saturated carbocycles. The minimum absolute atomic E-state index is 0.0189. The summed E-state index contributed by atoms with van der Waals surface area (Å²) in [4.78, 5) is 46.7. The summed E-state index contributed by atoms with van der Waals surface area (Å²) in [5, 5.41) is 1.22. The molecule has 0 radical (unpaired) electrons. The quantitative estimate of drug-likeness (QED) is 0.557. The highest BCUT2D eigenvalue weighted by Crippen LogP contribution is 2.31. The third-order valence-corrected chi connectivity index (χ3v) is 6.27. The molecule has 0 atom stereocenters. The highest BCUT2D eigenvalue weighted by atomic mass is 35.5. The van der Waals surface area contributed by atoms with Crippen molar-refractivity contribution in [2.24, 2.45) is 0 Å². The molecule has 8 nitrogen and oxygen atoms in total. The zero-order valence-corrected chi connectivity index (χ0v) is 19.1. The van der Waals surface area contributed by atoms with Gasteiger partial charge in [-0.05, 0) is 32.4 Å². The Labute approximate surface area is 188 Å². The lowest BCUT2D eigenvalue weighted by molar-refractivity contribution is 0.0991. The fourth-order valence-electron chi connectivity index (χ4n) is 3.24. The zero-order valence-electron chi connectivity index (χ0n) is 17.6. The summed E-state index contributed by atoms with van der Waals surface area (Å²) >= 11 is 7.30. The molecule has 0 saturated heterocycles. The number of nitrogens with two attached hydrogens (primary N) is 1. The highest BCUT2D eigenvalue weighted by Gasteiger charge is 2.27. The normalized spacial score (nSPS) is 11.0. The first-order valence-electron chi connectivity index (χ1n) is 9.96. The number of thiazole rings is 1. The molecule has 0 spiro atoms. The summed E-state index contributed by atoms with van der Waals surface area (Å²) < 4.78 is 1.30. The van der Waals surface area contributed by atoms with Gasteiger partial charge < -0.3 is 5.73 Å². The number of amides is 1. The SMILES string of the molecule is CCCCn1c(N)c(N(CC)C(=O)c2sc(-c3cccc(Cl)c3)nc2C)c(=O)[nH]c1=O. The largest absolute Gasteiger partial charge is 0.383 e. The molecule has 0 aliphatic rings. The van der Waals surface area contributed by atoms with Gasteiger partial charge in [-0.1, -0.05) is 37.1 Å². The molecule has 164 valence electrons. The topological polar surface area (TPSA) is 114 Å². The number of anilines is 2. The number of nitrogens with zero attached hydrogens (tertiary/aromatic N) is 3. The van der Waals surface area contributed by atoms with E-state index in [0.29, 0.717) is 33.6 Å². The summed E-state index contributed by atoms with van der Waals surface area (Å²) in [7, 11) is 0. The molecule has 3 rings (SSSR count). The van der Waals surface area contributed by atoms with Crippen molar-refractivity contribution in [3.8, 4) is 10.6 Å². The van der Waals surface area contributed by atoms with E-state index in [4.69, 9.17) is 17.3 Å². The average molecular weight is 462 g/mol. The molecule has 0 fully saturated rings. The van der Waals surface area contributed by atoms with Crippen molar-refractivity contribution in [2.45, 2.75) is 40.2 Å². The number of nitrogen functional groups attached to an aromatic ring is 1. The monoisotopic (exact) mass is 461 g/mol. The Morgan fingerprint density at radius 3 is 2.71 bits per heavy atom. The number of hydrogen-bond acceptors (Lipinski definition) is 6. The molecular formula is C21H24ClN5O3S. The van der Waals surface area contributed by atoms with E-state index in [1.165, 1.54) is 20.8 Å². The van der Waals surface area contributed by atoms with Gasteiger partial charge in [0, 0.05) is 23.7 Å². The molecule has 1 amide bonds. The predicted molar refractivity (Wildman–Crippen MR) is 125 cm³/mol. The smallest absolute Gasteiger partial charge is 0.330 e. The van der Waals surface area contributed by atoms with Crippen LogP contribution in [0.5, 0.6) is 0 Å². The van der Waals surface area contributed by atoms with Crippen molar-refractivity contribution in [2.75, 3.05) is 17.2 Å². The Bertz CT molecular complexity index is 1230. The molecule has 0 aliphatic heterocycles. The number of carbonyl (C=O) groups is 1. The third-order valence-electron chi connectivity index (χ3n) is 4.84. The Hall–Kier alpha value is -2.91. The van der Waals surface area contributed by atoms with E-state index in [1.807, 2.05) is 19.1 Å². The van der Waals surface area contributed by atoms with E-state index in [-0.39, 0.29) is 18.1 Å².